The summed E-state index contributed by atoms with van der Waals surface area (Å²) in [6, 6.07) is 0. The van der Waals surface area contributed by atoms with E-state index in [2.05, 4.69) is 31.0 Å². The predicted octanol–water partition coefficient (Wildman–Crippen LogP) is 1.41. The smallest absolute Gasteiger partial charge is 0.111 e. The van der Waals surface area contributed by atoms with Crippen LogP contribution in [0.25, 0.3) is 0 Å². The molecule has 0 amide bonds. The lowest BCUT2D eigenvalue weighted by Gasteiger charge is -2.29. The van der Waals surface area contributed by atoms with Crippen molar-refractivity contribution in [3.8, 4) is 0 Å². The first-order chi connectivity index (χ1) is 7.52. The van der Waals surface area contributed by atoms with Gasteiger partial charge in [-0.05, 0) is 24.7 Å². The average molecular weight is 221 g/mol. The van der Waals surface area contributed by atoms with Crippen LogP contribution in [0.1, 0.15) is 67.2 Å². The van der Waals surface area contributed by atoms with Crippen molar-refractivity contribution >= 4 is 5.97 Å². The lowest BCUT2D eigenvalue weighted by molar-refractivity contribution is -0.255. The number of carbonyl (C=O) groups excluding carboxylic acids is 1. The summed E-state index contributed by atoms with van der Waals surface area (Å²) in [5, 5.41) is 17.8. The van der Waals surface area contributed by atoms with E-state index in [1.54, 1.807) is 0 Å². The lowest BCUT2D eigenvalue weighted by atomic mass is 9.76. The maximum atomic E-state index is 11.0. The molecule has 1 heterocycles. The molecule has 4 heteroatoms. The zero-order valence-corrected chi connectivity index (χ0v) is 9.91. The van der Waals surface area contributed by atoms with Gasteiger partial charge in [0.15, 0.2) is 0 Å². The lowest BCUT2D eigenvalue weighted by Crippen LogP contribution is -2.26. The van der Waals surface area contributed by atoms with E-state index in [1.165, 1.54) is 0 Å². The molecule has 0 aromatic carbocycles. The van der Waals surface area contributed by atoms with Crippen molar-refractivity contribution in [1.29, 1.82) is 0 Å². The van der Waals surface area contributed by atoms with E-state index in [0.29, 0.717) is 11.8 Å². The molecule has 0 bridgehead atoms. The van der Waals surface area contributed by atoms with Crippen LogP contribution in [0.4, 0.5) is 0 Å². The molecule has 1 aromatic heterocycles. The van der Waals surface area contributed by atoms with Crippen LogP contribution in [0, 0.1) is 5.92 Å². The summed E-state index contributed by atoms with van der Waals surface area (Å²) in [4.78, 5) is 11.0. The van der Waals surface area contributed by atoms with E-state index in [-0.39, 0.29) is 11.6 Å². The second kappa shape index (κ2) is 3.92. The quantitative estimate of drug-likeness (QED) is 0.821. The van der Waals surface area contributed by atoms with Crippen LogP contribution in [0.3, 0.4) is 0 Å². The van der Waals surface area contributed by atoms with Crippen LogP contribution in [0.2, 0.25) is 0 Å². The zero-order valence-electron chi connectivity index (χ0n) is 9.91. The number of carboxylic acids is 1. The molecule has 0 saturated carbocycles. The molecule has 2 rings (SSSR count). The molecule has 0 spiro atoms. The normalized spacial score (nSPS) is 24.5. The Balaban J connectivity index is 2.49. The number of nitrogens with zero attached hydrogens (tertiary/aromatic N) is 1. The fourth-order valence-corrected chi connectivity index (χ4v) is 2.69. The van der Waals surface area contributed by atoms with Gasteiger partial charge in [0.1, 0.15) is 5.69 Å². The van der Waals surface area contributed by atoms with Crippen molar-refractivity contribution in [3.05, 3.63) is 17.0 Å². The summed E-state index contributed by atoms with van der Waals surface area (Å²) < 4.78 is 0. The van der Waals surface area contributed by atoms with Gasteiger partial charge in [0, 0.05) is 17.2 Å². The number of carboxylic acid groups (broad SMARTS) is 1. The Hall–Kier alpha value is -1.32. The fraction of sp³-hybridized carbons (Fsp3) is 0.667. The SMILES string of the molecule is CC(C)[C@@H]1CC[C@H](C)c2c(C(=O)[O-])n[nH]c21. The summed E-state index contributed by atoms with van der Waals surface area (Å²) in [6.07, 6.45) is 2.12. The minimum absolute atomic E-state index is 0.104. The molecule has 2 atom stereocenters. The average Bonchev–Trinajstić information content (AvgIpc) is 2.62. The molecule has 88 valence electrons. The van der Waals surface area contributed by atoms with E-state index in [1.807, 2.05) is 0 Å². The number of hydrogen-bond acceptors (Lipinski definition) is 3. The van der Waals surface area contributed by atoms with Gasteiger partial charge in [-0.2, -0.15) is 5.10 Å². The molecular formula is C12H17N2O2-. The summed E-state index contributed by atoms with van der Waals surface area (Å²) in [6.45, 7) is 6.37. The first-order valence-electron chi connectivity index (χ1n) is 5.81. The Labute approximate surface area is 95.1 Å². The Morgan fingerprint density at radius 2 is 2.19 bits per heavy atom. The molecule has 0 saturated heterocycles. The highest BCUT2D eigenvalue weighted by Gasteiger charge is 2.31. The van der Waals surface area contributed by atoms with Crippen molar-refractivity contribution in [2.75, 3.05) is 0 Å². The summed E-state index contributed by atoms with van der Waals surface area (Å²) in [5.41, 5.74) is 1.98. The maximum Gasteiger partial charge on any atom is 0.111 e. The highest BCUT2D eigenvalue weighted by molar-refractivity contribution is 5.86. The topological polar surface area (TPSA) is 68.8 Å². The summed E-state index contributed by atoms with van der Waals surface area (Å²) in [5.74, 6) is -0.0153. The second-order valence-corrected chi connectivity index (χ2v) is 5.02. The van der Waals surface area contributed by atoms with Gasteiger partial charge in [0.05, 0.1) is 5.97 Å². The van der Waals surface area contributed by atoms with Crippen LogP contribution < -0.4 is 5.11 Å². The largest absolute Gasteiger partial charge is 0.543 e. The van der Waals surface area contributed by atoms with Gasteiger partial charge >= 0.3 is 0 Å². The Morgan fingerprint density at radius 3 is 2.75 bits per heavy atom. The Morgan fingerprint density at radius 1 is 1.50 bits per heavy atom. The first kappa shape index (κ1) is 11.2. The molecular weight excluding hydrogens is 204 g/mol. The van der Waals surface area contributed by atoms with Crippen LogP contribution in [0.15, 0.2) is 0 Å². The number of aromatic amines is 1. The number of fused-ring (bicyclic) bond motifs is 1. The number of rotatable bonds is 2. The Bertz CT molecular complexity index is 409. The highest BCUT2D eigenvalue weighted by Crippen LogP contribution is 2.42. The minimum Gasteiger partial charge on any atom is -0.543 e. The molecule has 0 aliphatic heterocycles. The van der Waals surface area contributed by atoms with Gasteiger partial charge in [0.2, 0.25) is 0 Å². The zero-order chi connectivity index (χ0) is 11.9. The molecule has 1 aliphatic carbocycles. The van der Waals surface area contributed by atoms with Crippen molar-refractivity contribution in [3.63, 3.8) is 0 Å². The highest BCUT2D eigenvalue weighted by atomic mass is 16.4. The van der Waals surface area contributed by atoms with Crippen molar-refractivity contribution in [2.45, 2.75) is 45.4 Å². The van der Waals surface area contributed by atoms with Crippen LogP contribution in [-0.2, 0) is 0 Å². The number of aromatic nitrogens is 2. The van der Waals surface area contributed by atoms with Crippen molar-refractivity contribution in [1.82, 2.24) is 10.2 Å². The molecule has 0 radical (unpaired) electrons. The summed E-state index contributed by atoms with van der Waals surface area (Å²) >= 11 is 0. The minimum atomic E-state index is -1.17. The Kier molecular flexibility index (Phi) is 2.74. The molecule has 0 unspecified atom stereocenters. The molecule has 1 N–H and O–H groups in total. The number of hydrogen-bond donors (Lipinski definition) is 1. The first-order valence-corrected chi connectivity index (χ1v) is 5.81. The number of nitrogens with one attached hydrogen (secondary N) is 1. The van der Waals surface area contributed by atoms with Gasteiger partial charge in [-0.3, -0.25) is 5.10 Å². The van der Waals surface area contributed by atoms with Crippen LogP contribution >= 0.6 is 0 Å². The molecule has 16 heavy (non-hydrogen) atoms. The van der Waals surface area contributed by atoms with E-state index in [9.17, 15) is 9.90 Å². The molecule has 4 nitrogen and oxygen atoms in total. The van der Waals surface area contributed by atoms with E-state index in [4.69, 9.17) is 0 Å². The second-order valence-electron chi connectivity index (χ2n) is 5.02. The number of aromatic carboxylic acids is 1. The summed E-state index contributed by atoms with van der Waals surface area (Å²) in [7, 11) is 0. The van der Waals surface area contributed by atoms with Gasteiger partial charge in [-0.15, -0.1) is 0 Å². The van der Waals surface area contributed by atoms with E-state index in [0.717, 1.165) is 24.1 Å². The molecule has 1 aliphatic rings. The van der Waals surface area contributed by atoms with Crippen molar-refractivity contribution < 1.29 is 9.90 Å². The van der Waals surface area contributed by atoms with E-state index >= 15 is 0 Å². The van der Waals surface area contributed by atoms with Gasteiger partial charge in [0.25, 0.3) is 0 Å². The van der Waals surface area contributed by atoms with E-state index < -0.39 is 5.97 Å². The number of H-pyrrole nitrogens is 1. The van der Waals surface area contributed by atoms with Gasteiger partial charge < -0.3 is 9.90 Å². The fourth-order valence-electron chi connectivity index (χ4n) is 2.69. The third-order valence-electron chi connectivity index (χ3n) is 3.61. The number of carbonyl (C=O) groups is 1. The van der Waals surface area contributed by atoms with Crippen molar-refractivity contribution in [2.24, 2.45) is 5.92 Å². The monoisotopic (exact) mass is 221 g/mol. The maximum absolute atomic E-state index is 11.0. The van der Waals surface area contributed by atoms with Crippen LogP contribution in [-0.4, -0.2) is 16.2 Å². The molecule has 1 aromatic rings. The molecule has 0 fully saturated rings. The predicted molar refractivity (Wildman–Crippen MR) is 58.1 cm³/mol. The van der Waals surface area contributed by atoms with Gasteiger partial charge in [-0.1, -0.05) is 20.8 Å². The van der Waals surface area contributed by atoms with Gasteiger partial charge in [-0.25, -0.2) is 0 Å². The standard InChI is InChI=1S/C12H18N2O2/c1-6(2)8-5-4-7(3)9-10(8)13-14-11(9)12(15)16/h6-8H,4-5H2,1-3H3,(H,13,14)(H,15,16)/p-1/t7-,8-/m0/s1. The third-order valence-corrected chi connectivity index (χ3v) is 3.61. The van der Waals surface area contributed by atoms with Crippen LogP contribution in [0.5, 0.6) is 0 Å². The third kappa shape index (κ3) is 1.62.